The first-order valence-electron chi connectivity index (χ1n) is 7.20. The summed E-state index contributed by atoms with van der Waals surface area (Å²) in [6.07, 6.45) is 5.35. The van der Waals surface area contributed by atoms with Gasteiger partial charge in [0, 0.05) is 13.1 Å². The summed E-state index contributed by atoms with van der Waals surface area (Å²) >= 11 is 1.21. The molecule has 0 atom stereocenters. The Balaban J connectivity index is 0. The first-order chi connectivity index (χ1) is 11.3. The number of nitrogens with zero attached hydrogens (tertiary/aromatic N) is 3. The van der Waals surface area contributed by atoms with Crippen LogP contribution in [0, 0.1) is 0 Å². The van der Waals surface area contributed by atoms with Crippen molar-refractivity contribution >= 4 is 29.2 Å². The van der Waals surface area contributed by atoms with Gasteiger partial charge in [-0.2, -0.15) is 4.37 Å². The molecule has 0 saturated carbocycles. The van der Waals surface area contributed by atoms with Crippen LogP contribution in [-0.2, 0) is 9.59 Å². The van der Waals surface area contributed by atoms with E-state index in [0.29, 0.717) is 12.5 Å². The number of carboxylic acid groups (broad SMARTS) is 2. The number of rotatable bonds is 4. The van der Waals surface area contributed by atoms with Crippen LogP contribution in [0.15, 0.2) is 17.7 Å². The van der Waals surface area contributed by atoms with Crippen molar-refractivity contribution in [1.29, 1.82) is 0 Å². The molecule has 0 aliphatic carbocycles. The number of carbonyl (C=O) groups excluding carboxylic acids is 2. The molecule has 0 spiro atoms. The summed E-state index contributed by atoms with van der Waals surface area (Å²) in [5.41, 5.74) is 3.38. The number of likely N-dealkylation sites (N-methyl/N-ethyl adjacent to an activating group) is 1. The summed E-state index contributed by atoms with van der Waals surface area (Å²) in [5.74, 6) is -3.70. The molecule has 0 bridgehead atoms. The molecule has 1 aliphatic heterocycles. The molecule has 0 aromatic carbocycles. The average Bonchev–Trinajstić information content (AvgIpc) is 2.96. The zero-order valence-electron chi connectivity index (χ0n) is 15.8. The summed E-state index contributed by atoms with van der Waals surface area (Å²) < 4.78 is 14.3. The van der Waals surface area contributed by atoms with E-state index in [0.717, 1.165) is 25.2 Å². The minimum absolute atomic E-state index is 0. The van der Waals surface area contributed by atoms with Crippen molar-refractivity contribution in [3.8, 4) is 5.88 Å². The SMILES string of the molecule is CC(C)=CCOc1nsnc1C1=CCCN(C)C1.O=C([O-])C(=O)[O-].[Na+].[Na+]. The number of aliphatic carboxylic acids is 2. The number of carbonyl (C=O) groups is 2. The van der Waals surface area contributed by atoms with E-state index in [2.05, 4.69) is 40.6 Å². The smallest absolute Gasteiger partial charge is 0.543 e. The first-order valence-corrected chi connectivity index (χ1v) is 7.93. The number of hydrogen-bond donors (Lipinski definition) is 0. The molecule has 2 heterocycles. The molecular weight excluding hydrogens is 380 g/mol. The van der Waals surface area contributed by atoms with Gasteiger partial charge < -0.3 is 29.4 Å². The third kappa shape index (κ3) is 10.8. The van der Waals surface area contributed by atoms with E-state index in [9.17, 15) is 0 Å². The Morgan fingerprint density at radius 2 is 1.88 bits per heavy atom. The predicted molar refractivity (Wildman–Crippen MR) is 84.9 cm³/mol. The molecule has 0 fully saturated rings. The number of aromatic nitrogens is 2. The Labute approximate surface area is 201 Å². The van der Waals surface area contributed by atoms with E-state index >= 15 is 0 Å². The van der Waals surface area contributed by atoms with Gasteiger partial charge in [0.25, 0.3) is 5.88 Å². The van der Waals surface area contributed by atoms with E-state index in [4.69, 9.17) is 24.5 Å². The van der Waals surface area contributed by atoms with E-state index in [1.165, 1.54) is 22.9 Å². The molecule has 8 nitrogen and oxygen atoms in total. The van der Waals surface area contributed by atoms with Gasteiger partial charge >= 0.3 is 59.1 Å². The molecule has 0 saturated heterocycles. The van der Waals surface area contributed by atoms with Crippen molar-refractivity contribution in [3.05, 3.63) is 23.4 Å². The normalized spacial score (nSPS) is 13.0. The number of ether oxygens (including phenoxy) is 1. The third-order valence-electron chi connectivity index (χ3n) is 2.98. The van der Waals surface area contributed by atoms with Crippen molar-refractivity contribution in [2.24, 2.45) is 0 Å². The fraction of sp³-hybridized carbons (Fsp3) is 0.467. The molecule has 0 unspecified atom stereocenters. The topological polar surface area (TPSA) is 119 Å². The van der Waals surface area contributed by atoms with Gasteiger partial charge in [0.15, 0.2) is 0 Å². The Hall–Kier alpha value is -0.260. The first kappa shape index (κ1) is 28.0. The molecule has 2 rings (SSSR count). The van der Waals surface area contributed by atoms with Crippen LogP contribution in [-0.4, -0.2) is 52.3 Å². The van der Waals surface area contributed by atoms with Gasteiger partial charge in [-0.1, -0.05) is 11.6 Å². The number of allylic oxidation sites excluding steroid dienone is 1. The molecule has 11 heteroatoms. The minimum atomic E-state index is -2.19. The van der Waals surface area contributed by atoms with Crippen LogP contribution in [0.25, 0.3) is 5.57 Å². The fourth-order valence-electron chi connectivity index (χ4n) is 1.82. The third-order valence-corrected chi connectivity index (χ3v) is 3.49. The predicted octanol–water partition coefficient (Wildman–Crippen LogP) is -6.90. The van der Waals surface area contributed by atoms with Gasteiger partial charge in [0.05, 0.1) is 23.7 Å². The Morgan fingerprint density at radius 3 is 2.38 bits per heavy atom. The van der Waals surface area contributed by atoms with Gasteiger partial charge in [-0.25, -0.2) is 0 Å². The van der Waals surface area contributed by atoms with Crippen molar-refractivity contribution in [2.45, 2.75) is 20.3 Å². The van der Waals surface area contributed by atoms with E-state index in [1.807, 2.05) is 6.08 Å². The monoisotopic (exact) mass is 399 g/mol. The molecule has 132 valence electrons. The maximum Gasteiger partial charge on any atom is 1.00 e. The maximum absolute atomic E-state index is 8.93. The van der Waals surface area contributed by atoms with Crippen molar-refractivity contribution in [2.75, 3.05) is 26.7 Å². The zero-order chi connectivity index (χ0) is 18.1. The molecule has 1 aliphatic rings. The van der Waals surface area contributed by atoms with Crippen molar-refractivity contribution < 1.29 is 83.7 Å². The second-order valence-corrected chi connectivity index (χ2v) is 5.87. The van der Waals surface area contributed by atoms with Gasteiger partial charge in [-0.05, 0) is 39.0 Å². The standard InChI is InChI=1S/C13H19N3OS.C2H2O4.2Na/c1-10(2)6-8-17-13-12(14-18-15-13)11-5-4-7-16(3)9-11;3-1(4)2(5)6;;/h5-6H,4,7-9H2,1-3H3;(H,3,4)(H,5,6);;/q;;2*+1/p-2. The van der Waals surface area contributed by atoms with Gasteiger partial charge in [0.2, 0.25) is 0 Å². The van der Waals surface area contributed by atoms with Crippen LogP contribution in [0.5, 0.6) is 5.88 Å². The molecular formula is C15H19N3Na2O5S. The Kier molecular flexibility index (Phi) is 15.9. The summed E-state index contributed by atoms with van der Waals surface area (Å²) in [4.78, 5) is 20.1. The zero-order valence-corrected chi connectivity index (χ0v) is 20.6. The fourth-order valence-corrected chi connectivity index (χ4v) is 2.35. The minimum Gasteiger partial charge on any atom is -0.543 e. The average molecular weight is 399 g/mol. The van der Waals surface area contributed by atoms with E-state index in [-0.39, 0.29) is 59.1 Å². The summed E-state index contributed by atoms with van der Waals surface area (Å²) in [7, 11) is 2.12. The Bertz CT molecular complexity index is 633. The molecule has 1 aromatic heterocycles. The van der Waals surface area contributed by atoms with Crippen LogP contribution < -0.4 is 74.1 Å². The largest absolute Gasteiger partial charge is 1.00 e. The van der Waals surface area contributed by atoms with Crippen molar-refractivity contribution in [1.82, 2.24) is 13.6 Å². The van der Waals surface area contributed by atoms with Crippen LogP contribution >= 0.6 is 11.7 Å². The van der Waals surface area contributed by atoms with E-state index < -0.39 is 11.9 Å². The Morgan fingerprint density at radius 1 is 1.27 bits per heavy atom. The number of carboxylic acids is 2. The van der Waals surface area contributed by atoms with Crippen LogP contribution in [0.3, 0.4) is 0 Å². The van der Waals surface area contributed by atoms with Crippen LogP contribution in [0.4, 0.5) is 0 Å². The molecule has 0 radical (unpaired) electrons. The van der Waals surface area contributed by atoms with Gasteiger partial charge in [-0.3, -0.25) is 0 Å². The van der Waals surface area contributed by atoms with Crippen LogP contribution in [0.2, 0.25) is 0 Å². The molecule has 1 aromatic rings. The van der Waals surface area contributed by atoms with E-state index in [1.54, 1.807) is 0 Å². The van der Waals surface area contributed by atoms with Gasteiger partial charge in [0.1, 0.15) is 12.3 Å². The van der Waals surface area contributed by atoms with Crippen molar-refractivity contribution in [3.63, 3.8) is 0 Å². The maximum atomic E-state index is 8.93. The van der Waals surface area contributed by atoms with Crippen LogP contribution in [0.1, 0.15) is 26.0 Å². The quantitative estimate of drug-likeness (QED) is 0.279. The second-order valence-electron chi connectivity index (χ2n) is 5.34. The summed E-state index contributed by atoms with van der Waals surface area (Å²) in [6.45, 7) is 6.70. The van der Waals surface area contributed by atoms with Gasteiger partial charge in [-0.15, -0.1) is 4.37 Å². The molecule has 0 amide bonds. The summed E-state index contributed by atoms with van der Waals surface area (Å²) in [6, 6.07) is 0. The second kappa shape index (κ2) is 14.8. The molecule has 0 N–H and O–H groups in total. The summed E-state index contributed by atoms with van der Waals surface area (Å²) in [5, 5.41) is 17.9. The molecule has 26 heavy (non-hydrogen) atoms. The number of hydrogen-bond acceptors (Lipinski definition) is 9.